The van der Waals surface area contributed by atoms with Gasteiger partial charge in [-0.05, 0) is 42.4 Å². The van der Waals surface area contributed by atoms with Gasteiger partial charge in [-0.15, -0.1) is 0 Å². The minimum Gasteiger partial charge on any atom is -0.368 e. The summed E-state index contributed by atoms with van der Waals surface area (Å²) in [5, 5.41) is 6.74. The first-order valence-corrected chi connectivity index (χ1v) is 13.4. The van der Waals surface area contributed by atoms with Crippen LogP contribution < -0.4 is 21.4 Å². The number of carbonyl (C=O) groups excluding carboxylic acids is 4. The van der Waals surface area contributed by atoms with Gasteiger partial charge in [-0.2, -0.15) is 5.06 Å². The molecule has 0 saturated heterocycles. The molecule has 1 unspecified atom stereocenters. The zero-order valence-electron chi connectivity index (χ0n) is 23.6. The second kappa shape index (κ2) is 15.6. The molecule has 2 aromatic carbocycles. The van der Waals surface area contributed by atoms with Gasteiger partial charge >= 0.3 is 0 Å². The molecule has 4 amide bonds. The highest BCUT2D eigenvalue weighted by Gasteiger charge is 2.31. The van der Waals surface area contributed by atoms with E-state index >= 15 is 0 Å². The van der Waals surface area contributed by atoms with Gasteiger partial charge in [0.2, 0.25) is 17.7 Å². The van der Waals surface area contributed by atoms with Crippen LogP contribution in [0.4, 0.5) is 5.69 Å². The van der Waals surface area contributed by atoms with Gasteiger partial charge in [0.1, 0.15) is 12.1 Å². The van der Waals surface area contributed by atoms with Crippen LogP contribution in [0.15, 0.2) is 60.7 Å². The Hall–Kier alpha value is -3.72. The molecule has 0 bridgehead atoms. The minimum absolute atomic E-state index is 0.0782. The third-order valence-corrected chi connectivity index (χ3v) is 6.23. The standard InChI is InChI=1S/C30H42N4O5/c1-20(2)16-23(19-27(35)34(39-5)24-14-10-7-11-15-24)29(37)33-26(17-21(3)4)30(38)32-25(28(31)36)18-22-12-8-6-9-13-22/h6-15,20-21,23,25-26H,16-19H2,1-5H3,(H2,31,36)(H,32,38)(H,33,37)/t23?,25-,26-/m0/s1. The Morgan fingerprint density at radius 3 is 1.85 bits per heavy atom. The Kier molecular flexibility index (Phi) is 12.6. The van der Waals surface area contributed by atoms with E-state index in [1.54, 1.807) is 24.3 Å². The lowest BCUT2D eigenvalue weighted by Gasteiger charge is -2.27. The number of nitrogens with two attached hydrogens (primary N) is 1. The largest absolute Gasteiger partial charge is 0.368 e. The first-order valence-electron chi connectivity index (χ1n) is 13.4. The van der Waals surface area contributed by atoms with Crippen molar-refractivity contribution in [1.29, 1.82) is 0 Å². The molecule has 0 saturated carbocycles. The van der Waals surface area contributed by atoms with Gasteiger partial charge in [-0.3, -0.25) is 24.0 Å². The number of hydrogen-bond donors (Lipinski definition) is 3. The quantitative estimate of drug-likeness (QED) is 0.299. The molecule has 0 radical (unpaired) electrons. The van der Waals surface area contributed by atoms with Crippen molar-refractivity contribution in [3.05, 3.63) is 66.2 Å². The van der Waals surface area contributed by atoms with Crippen LogP contribution in [0.1, 0.15) is 52.5 Å². The zero-order valence-corrected chi connectivity index (χ0v) is 23.6. The molecule has 0 heterocycles. The fourth-order valence-electron chi connectivity index (χ4n) is 4.40. The van der Waals surface area contributed by atoms with Crippen molar-refractivity contribution < 1.29 is 24.0 Å². The molecule has 0 aliphatic heterocycles. The van der Waals surface area contributed by atoms with Crippen molar-refractivity contribution in [1.82, 2.24) is 10.6 Å². The van der Waals surface area contributed by atoms with Gasteiger partial charge in [0.25, 0.3) is 5.91 Å². The summed E-state index contributed by atoms with van der Waals surface area (Å²) < 4.78 is 0. The fourth-order valence-corrected chi connectivity index (χ4v) is 4.40. The third kappa shape index (κ3) is 10.5. The highest BCUT2D eigenvalue weighted by Crippen LogP contribution is 2.21. The van der Waals surface area contributed by atoms with Gasteiger partial charge in [0.15, 0.2) is 0 Å². The summed E-state index contributed by atoms with van der Waals surface area (Å²) in [5.41, 5.74) is 6.99. The fraction of sp³-hybridized carbons (Fsp3) is 0.467. The molecule has 212 valence electrons. The number of para-hydroxylation sites is 1. The van der Waals surface area contributed by atoms with E-state index in [-0.39, 0.29) is 30.6 Å². The van der Waals surface area contributed by atoms with Crippen LogP contribution in [-0.2, 0) is 30.4 Å². The number of hydroxylamine groups is 1. The van der Waals surface area contributed by atoms with Crippen molar-refractivity contribution in [3.63, 3.8) is 0 Å². The molecule has 0 spiro atoms. The normalized spacial score (nSPS) is 13.4. The number of nitrogens with one attached hydrogen (secondary N) is 2. The number of carbonyl (C=O) groups is 4. The molecule has 9 heteroatoms. The second-order valence-corrected chi connectivity index (χ2v) is 10.6. The number of benzene rings is 2. The van der Waals surface area contributed by atoms with Crippen LogP contribution in [0.25, 0.3) is 0 Å². The van der Waals surface area contributed by atoms with Crippen molar-refractivity contribution in [2.75, 3.05) is 12.2 Å². The second-order valence-electron chi connectivity index (χ2n) is 10.6. The molecule has 0 fully saturated rings. The van der Waals surface area contributed by atoms with Crippen LogP contribution in [0.3, 0.4) is 0 Å². The summed E-state index contributed by atoms with van der Waals surface area (Å²) in [6, 6.07) is 16.3. The Morgan fingerprint density at radius 1 is 0.795 bits per heavy atom. The van der Waals surface area contributed by atoms with Crippen molar-refractivity contribution in [2.45, 2.75) is 65.5 Å². The SMILES string of the molecule is CON(C(=O)CC(CC(C)C)C(=O)N[C@@H](CC(C)C)C(=O)N[C@@H](Cc1ccccc1)C(N)=O)c1ccccc1. The molecule has 39 heavy (non-hydrogen) atoms. The Labute approximate surface area is 231 Å². The number of primary amides is 1. The minimum atomic E-state index is -0.930. The topological polar surface area (TPSA) is 131 Å². The molecular weight excluding hydrogens is 496 g/mol. The zero-order chi connectivity index (χ0) is 28.9. The lowest BCUT2D eigenvalue weighted by atomic mass is 9.92. The van der Waals surface area contributed by atoms with Crippen molar-refractivity contribution in [2.24, 2.45) is 23.5 Å². The lowest BCUT2D eigenvalue weighted by Crippen LogP contribution is -2.55. The monoisotopic (exact) mass is 538 g/mol. The predicted octanol–water partition coefficient (Wildman–Crippen LogP) is 3.38. The van der Waals surface area contributed by atoms with Gasteiger partial charge in [-0.25, -0.2) is 0 Å². The maximum atomic E-state index is 13.5. The summed E-state index contributed by atoms with van der Waals surface area (Å²) in [4.78, 5) is 57.4. The van der Waals surface area contributed by atoms with E-state index in [4.69, 9.17) is 10.6 Å². The molecule has 3 atom stereocenters. The van der Waals surface area contributed by atoms with E-state index in [9.17, 15) is 19.2 Å². The third-order valence-electron chi connectivity index (χ3n) is 6.23. The maximum absolute atomic E-state index is 13.5. The van der Waals surface area contributed by atoms with Gasteiger partial charge in [-0.1, -0.05) is 76.2 Å². The molecular formula is C30H42N4O5. The summed E-state index contributed by atoms with van der Waals surface area (Å²) in [6.07, 6.45) is 0.935. The van der Waals surface area contributed by atoms with E-state index in [0.29, 0.717) is 18.5 Å². The lowest BCUT2D eigenvalue weighted by molar-refractivity contribution is -0.135. The smallest absolute Gasteiger partial charge is 0.251 e. The molecule has 9 nitrogen and oxygen atoms in total. The van der Waals surface area contributed by atoms with E-state index in [1.807, 2.05) is 64.1 Å². The van der Waals surface area contributed by atoms with E-state index in [2.05, 4.69) is 10.6 Å². The Morgan fingerprint density at radius 2 is 1.33 bits per heavy atom. The average Bonchev–Trinajstić information content (AvgIpc) is 2.88. The molecule has 2 aromatic rings. The summed E-state index contributed by atoms with van der Waals surface area (Å²) in [5.74, 6) is -2.40. The number of anilines is 1. The molecule has 0 aromatic heterocycles. The van der Waals surface area contributed by atoms with Gasteiger partial charge in [0.05, 0.1) is 12.8 Å². The number of rotatable bonds is 15. The average molecular weight is 539 g/mol. The number of amides is 4. The van der Waals surface area contributed by atoms with Gasteiger partial charge < -0.3 is 16.4 Å². The van der Waals surface area contributed by atoms with Crippen LogP contribution in [0, 0.1) is 17.8 Å². The predicted molar refractivity (Wildman–Crippen MR) is 151 cm³/mol. The van der Waals surface area contributed by atoms with Crippen molar-refractivity contribution >= 4 is 29.3 Å². The summed E-state index contributed by atoms with van der Waals surface area (Å²) in [6.45, 7) is 7.81. The van der Waals surface area contributed by atoms with Crippen LogP contribution in [0.2, 0.25) is 0 Å². The summed E-state index contributed by atoms with van der Waals surface area (Å²) >= 11 is 0. The van der Waals surface area contributed by atoms with Crippen molar-refractivity contribution in [3.8, 4) is 0 Å². The highest BCUT2D eigenvalue weighted by atomic mass is 16.7. The first-order chi connectivity index (χ1) is 18.5. The summed E-state index contributed by atoms with van der Waals surface area (Å²) in [7, 11) is 1.40. The van der Waals surface area contributed by atoms with Crippen LogP contribution >= 0.6 is 0 Å². The van der Waals surface area contributed by atoms with E-state index in [1.165, 1.54) is 12.2 Å². The molecule has 2 rings (SSSR count). The van der Waals surface area contributed by atoms with E-state index in [0.717, 1.165) is 5.56 Å². The van der Waals surface area contributed by atoms with Gasteiger partial charge in [0, 0.05) is 18.8 Å². The van der Waals surface area contributed by atoms with E-state index < -0.39 is 35.7 Å². The molecule has 0 aliphatic rings. The van der Waals surface area contributed by atoms with Crippen LogP contribution in [0.5, 0.6) is 0 Å². The number of hydrogen-bond acceptors (Lipinski definition) is 5. The highest BCUT2D eigenvalue weighted by molar-refractivity contribution is 5.96. The van der Waals surface area contributed by atoms with Crippen LogP contribution in [-0.4, -0.2) is 42.8 Å². The Balaban J connectivity index is 2.18. The maximum Gasteiger partial charge on any atom is 0.251 e. The Bertz CT molecular complexity index is 1080. The molecule has 4 N–H and O–H groups in total. The first kappa shape index (κ1) is 31.5. The molecule has 0 aliphatic carbocycles. The number of nitrogens with zero attached hydrogens (tertiary/aromatic N) is 1.